The number of fused-ring (bicyclic) bond motifs is 2. The molecule has 5 aliphatic heterocycles. The van der Waals surface area contributed by atoms with E-state index >= 15 is 0 Å². The van der Waals surface area contributed by atoms with Gasteiger partial charge in [-0.15, -0.1) is 10.2 Å². The van der Waals surface area contributed by atoms with Crippen LogP contribution in [0.4, 0.5) is 17.3 Å². The minimum Gasteiger partial charge on any atom is -0.378 e. The van der Waals surface area contributed by atoms with Crippen molar-refractivity contribution in [2.24, 2.45) is 0 Å². The summed E-state index contributed by atoms with van der Waals surface area (Å²) in [6, 6.07) is 12.2. The molecule has 1 aromatic carbocycles. The summed E-state index contributed by atoms with van der Waals surface area (Å²) in [4.78, 5) is 86.4. The monoisotopic (exact) mass is 888 g/mol. The Balaban J connectivity index is 0.716. The van der Waals surface area contributed by atoms with Gasteiger partial charge in [-0.25, -0.2) is 9.97 Å². The molecule has 65 heavy (non-hydrogen) atoms. The quantitative estimate of drug-likeness (QED) is 0.120. The summed E-state index contributed by atoms with van der Waals surface area (Å²) >= 11 is 0. The number of hydrogen-bond acceptors (Lipinski definition) is 15. The number of carbonyl (C=O) groups excluding carboxylic acids is 5. The molecule has 19 nitrogen and oxygen atoms in total. The number of rotatable bonds is 17. The summed E-state index contributed by atoms with van der Waals surface area (Å²) in [6.07, 6.45) is 4.08. The Morgan fingerprint density at radius 2 is 1.63 bits per heavy atom. The smallest absolute Gasteiger partial charge is 0.262 e. The van der Waals surface area contributed by atoms with E-state index in [0.717, 1.165) is 79.8 Å². The molecule has 5 aliphatic rings. The lowest BCUT2D eigenvalue weighted by molar-refractivity contribution is -0.136. The average Bonchev–Trinajstić information content (AvgIpc) is 4.10. The van der Waals surface area contributed by atoms with Crippen LogP contribution in [0, 0.1) is 0 Å². The van der Waals surface area contributed by atoms with Crippen LogP contribution in [-0.2, 0) is 38.7 Å². The number of nitrogens with zero attached hydrogens (tertiary/aromatic N) is 11. The van der Waals surface area contributed by atoms with Gasteiger partial charge < -0.3 is 23.8 Å². The van der Waals surface area contributed by atoms with Crippen molar-refractivity contribution in [2.45, 2.75) is 71.2 Å². The molecular weight excluding hydrogens is 833 g/mol. The Labute approximate surface area is 377 Å². The number of benzene rings is 1. The van der Waals surface area contributed by atoms with Crippen LogP contribution in [0.2, 0.25) is 0 Å². The largest absolute Gasteiger partial charge is 0.378 e. The van der Waals surface area contributed by atoms with Crippen molar-refractivity contribution in [1.82, 2.24) is 44.7 Å². The van der Waals surface area contributed by atoms with Crippen LogP contribution in [0.3, 0.4) is 0 Å². The number of carbonyl (C=O) groups is 5. The number of piperazine rings is 1. The lowest BCUT2D eigenvalue weighted by atomic mass is 10.0. The van der Waals surface area contributed by atoms with Gasteiger partial charge in [0.1, 0.15) is 29.7 Å². The molecular formula is C46H56N12O7. The summed E-state index contributed by atoms with van der Waals surface area (Å²) in [5.74, 6) is -0.0242. The molecule has 342 valence electrons. The van der Waals surface area contributed by atoms with Crippen LogP contribution in [0.5, 0.6) is 0 Å². The van der Waals surface area contributed by atoms with E-state index in [1.165, 1.54) is 0 Å². The fourth-order valence-corrected chi connectivity index (χ4v) is 9.43. The minimum absolute atomic E-state index is 0.0808. The zero-order valence-corrected chi connectivity index (χ0v) is 37.3. The van der Waals surface area contributed by atoms with Gasteiger partial charge in [-0.1, -0.05) is 6.07 Å². The Morgan fingerprint density at radius 3 is 2.40 bits per heavy atom. The molecule has 1 N–H and O–H groups in total. The molecule has 5 amide bonds. The maximum Gasteiger partial charge on any atom is 0.262 e. The first-order chi connectivity index (χ1) is 31.6. The van der Waals surface area contributed by atoms with E-state index in [-0.39, 0.29) is 29.9 Å². The van der Waals surface area contributed by atoms with Crippen molar-refractivity contribution < 1.29 is 33.4 Å². The Morgan fingerprint density at radius 1 is 0.831 bits per heavy atom. The topological polar surface area (TPSA) is 192 Å². The lowest BCUT2D eigenvalue weighted by Gasteiger charge is -2.36. The van der Waals surface area contributed by atoms with Crippen LogP contribution in [-0.4, -0.2) is 160 Å². The molecule has 0 bridgehead atoms. The molecule has 4 aromatic rings. The van der Waals surface area contributed by atoms with E-state index in [0.29, 0.717) is 81.5 Å². The van der Waals surface area contributed by atoms with Crippen LogP contribution < -0.4 is 20.0 Å². The number of imide groups is 2. The second-order valence-corrected chi connectivity index (χ2v) is 17.3. The summed E-state index contributed by atoms with van der Waals surface area (Å²) < 4.78 is 13.8. The third kappa shape index (κ3) is 9.10. The van der Waals surface area contributed by atoms with Gasteiger partial charge in [-0.05, 0) is 76.6 Å². The molecule has 1 unspecified atom stereocenters. The molecule has 0 aliphatic carbocycles. The van der Waals surface area contributed by atoms with Gasteiger partial charge in [-0.3, -0.25) is 48.9 Å². The predicted octanol–water partition coefficient (Wildman–Crippen LogP) is 2.59. The van der Waals surface area contributed by atoms with Crippen LogP contribution in [0.1, 0.15) is 81.9 Å². The molecule has 0 radical (unpaired) electrons. The highest BCUT2D eigenvalue weighted by Gasteiger charge is 2.45. The van der Waals surface area contributed by atoms with Crippen LogP contribution in [0.25, 0.3) is 11.5 Å². The SMILES string of the molecule is CCn1cnnc1-c1cccc(N2Cc3c(cc(N4CCC[C@H]4C)nc3CN(C)CCOCCOCCN3CCN(c4ccc5c(c4)C(=O)N(C4CCC(=O)NC4=O)C5=O)CC3)C2=O)n1. The van der Waals surface area contributed by atoms with Gasteiger partial charge in [0.15, 0.2) is 5.82 Å². The highest BCUT2D eigenvalue weighted by atomic mass is 16.5. The van der Waals surface area contributed by atoms with E-state index < -0.39 is 29.7 Å². The van der Waals surface area contributed by atoms with Crippen LogP contribution in [0.15, 0.2) is 48.8 Å². The fourth-order valence-electron chi connectivity index (χ4n) is 9.43. The molecule has 9 rings (SSSR count). The Bertz CT molecular complexity index is 2470. The number of piperidine rings is 1. The maximum atomic E-state index is 14.1. The van der Waals surface area contributed by atoms with E-state index in [2.05, 4.69) is 42.0 Å². The van der Waals surface area contributed by atoms with Gasteiger partial charge in [0.05, 0.1) is 55.4 Å². The van der Waals surface area contributed by atoms with Crippen molar-refractivity contribution in [3.05, 3.63) is 76.7 Å². The average molecular weight is 889 g/mol. The first-order valence-corrected chi connectivity index (χ1v) is 22.7. The predicted molar refractivity (Wildman–Crippen MR) is 239 cm³/mol. The third-order valence-electron chi connectivity index (χ3n) is 13.2. The lowest BCUT2D eigenvalue weighted by Crippen LogP contribution is -2.54. The number of hydrogen-bond donors (Lipinski definition) is 1. The molecule has 3 aromatic heterocycles. The first-order valence-electron chi connectivity index (χ1n) is 22.7. The first kappa shape index (κ1) is 44.1. The summed E-state index contributed by atoms with van der Waals surface area (Å²) in [5, 5.41) is 10.6. The van der Waals surface area contributed by atoms with Gasteiger partial charge in [0.25, 0.3) is 17.7 Å². The van der Waals surface area contributed by atoms with Crippen molar-refractivity contribution in [3.8, 4) is 11.5 Å². The zero-order chi connectivity index (χ0) is 45.2. The molecule has 3 fully saturated rings. The van der Waals surface area contributed by atoms with Crippen molar-refractivity contribution in [3.63, 3.8) is 0 Å². The van der Waals surface area contributed by atoms with E-state index in [1.54, 1.807) is 23.4 Å². The number of aromatic nitrogens is 5. The van der Waals surface area contributed by atoms with Crippen molar-refractivity contribution >= 4 is 46.9 Å². The number of likely N-dealkylation sites (N-methyl/N-ethyl adjacent to an activating group) is 1. The van der Waals surface area contributed by atoms with Gasteiger partial charge >= 0.3 is 0 Å². The van der Waals surface area contributed by atoms with Gasteiger partial charge in [-0.2, -0.15) is 0 Å². The number of amides is 5. The number of anilines is 3. The molecule has 0 spiro atoms. The number of pyridine rings is 2. The number of nitrogens with one attached hydrogen (secondary N) is 1. The molecule has 8 heterocycles. The van der Waals surface area contributed by atoms with E-state index in [9.17, 15) is 24.0 Å². The molecule has 19 heteroatoms. The summed E-state index contributed by atoms with van der Waals surface area (Å²) in [7, 11) is 2.05. The number of ether oxygens (including phenoxy) is 2. The van der Waals surface area contributed by atoms with E-state index in [4.69, 9.17) is 19.4 Å². The zero-order valence-electron chi connectivity index (χ0n) is 37.3. The molecule has 2 atom stereocenters. The second-order valence-electron chi connectivity index (χ2n) is 17.3. The highest BCUT2D eigenvalue weighted by Crippen LogP contribution is 2.35. The van der Waals surface area contributed by atoms with Crippen molar-refractivity contribution in [2.75, 3.05) is 94.0 Å². The minimum atomic E-state index is -0.983. The maximum absolute atomic E-state index is 14.1. The Kier molecular flexibility index (Phi) is 13.0. The molecule has 0 saturated carbocycles. The normalized spacial score (nSPS) is 20.2. The van der Waals surface area contributed by atoms with Crippen LogP contribution >= 0.6 is 0 Å². The molecule has 3 saturated heterocycles. The Hall–Kier alpha value is -6.15. The van der Waals surface area contributed by atoms with E-state index in [1.807, 2.05) is 48.9 Å². The highest BCUT2D eigenvalue weighted by molar-refractivity contribution is 6.23. The van der Waals surface area contributed by atoms with Gasteiger partial charge in [0, 0.05) is 82.6 Å². The number of aryl methyl sites for hydroxylation is 1. The fraction of sp³-hybridized carbons (Fsp3) is 0.500. The summed E-state index contributed by atoms with van der Waals surface area (Å²) in [5.41, 5.74) is 4.57. The van der Waals surface area contributed by atoms with Gasteiger partial charge in [0.2, 0.25) is 11.8 Å². The summed E-state index contributed by atoms with van der Waals surface area (Å²) in [6.45, 7) is 13.5. The van der Waals surface area contributed by atoms with Crippen molar-refractivity contribution in [1.29, 1.82) is 0 Å². The second kappa shape index (κ2) is 19.1. The third-order valence-corrected chi connectivity index (χ3v) is 13.2. The standard InChI is InChI=1S/C46H56N12O7/c1-4-54-29-47-51-42(54)36-8-5-9-39(48-36)57-27-35-34(44(57)61)26-40(56-14-6-7-30(56)2)49-37(35)28-52(3)19-21-64-23-24-65-22-20-53-15-17-55(18-16-53)31-10-11-32-33(25-31)46(63)58(45(32)62)38-12-13-41(59)50-43(38)60/h5,8-11,25-26,29-30,38H,4,6-7,12-24,27-28H2,1-3H3,(H,50,59,60)/t30-,38?/m1/s1.